The van der Waals surface area contributed by atoms with Gasteiger partial charge in [0, 0.05) is 5.71 Å². The zero-order valence-electron chi connectivity index (χ0n) is 14.4. The predicted octanol–water partition coefficient (Wildman–Crippen LogP) is 4.82. The fourth-order valence-electron chi connectivity index (χ4n) is 2.96. The number of aryl methyl sites for hydroxylation is 2. The Morgan fingerprint density at radius 2 is 1.50 bits per heavy atom. The second-order valence-corrected chi connectivity index (χ2v) is 6.45. The minimum absolute atomic E-state index is 0.265. The molecule has 1 aliphatic heterocycles. The van der Waals surface area contributed by atoms with Gasteiger partial charge in [-0.15, -0.1) is 0 Å². The summed E-state index contributed by atoms with van der Waals surface area (Å²) in [5.41, 5.74) is 9.32. The van der Waals surface area contributed by atoms with E-state index in [9.17, 15) is 0 Å². The van der Waals surface area contributed by atoms with Crippen molar-refractivity contribution >= 4 is 28.1 Å². The first-order valence-corrected chi connectivity index (χ1v) is 8.22. The molecule has 1 aromatic heterocycles. The Morgan fingerprint density at radius 3 is 2.29 bits per heavy atom. The molecule has 4 heteroatoms. The molecule has 2 aromatic carbocycles. The second kappa shape index (κ2) is 5.41. The maximum absolute atomic E-state index is 4.67. The predicted molar refractivity (Wildman–Crippen MR) is 100 cm³/mol. The molecule has 4 rings (SSSR count). The van der Waals surface area contributed by atoms with Gasteiger partial charge in [0.1, 0.15) is 0 Å². The molecule has 1 N–H and O–H groups in total. The maximum Gasteiger partial charge on any atom is 0.0896 e. The SMILES string of the molecule is CC1=Nc2ccc(-c3ccc4nc(C)c(C)nc4c3)cc2NC1C. The molecule has 4 nitrogen and oxygen atoms in total. The Kier molecular flexibility index (Phi) is 3.34. The third-order valence-electron chi connectivity index (χ3n) is 4.70. The topological polar surface area (TPSA) is 50.2 Å². The fraction of sp³-hybridized carbons (Fsp3) is 0.250. The van der Waals surface area contributed by atoms with Crippen LogP contribution >= 0.6 is 0 Å². The number of aromatic nitrogens is 2. The molecule has 24 heavy (non-hydrogen) atoms. The number of nitrogens with zero attached hydrogens (tertiary/aromatic N) is 3. The molecule has 0 bridgehead atoms. The van der Waals surface area contributed by atoms with Crippen molar-refractivity contribution in [3.05, 3.63) is 47.8 Å². The molecule has 1 unspecified atom stereocenters. The van der Waals surface area contributed by atoms with Crippen molar-refractivity contribution < 1.29 is 0 Å². The Labute approximate surface area is 141 Å². The van der Waals surface area contributed by atoms with E-state index < -0.39 is 0 Å². The number of nitrogens with one attached hydrogen (secondary N) is 1. The van der Waals surface area contributed by atoms with Crippen molar-refractivity contribution in [3.8, 4) is 11.1 Å². The van der Waals surface area contributed by atoms with E-state index in [1.165, 1.54) is 0 Å². The van der Waals surface area contributed by atoms with Gasteiger partial charge in [-0.25, -0.2) is 9.97 Å². The van der Waals surface area contributed by atoms with E-state index in [4.69, 9.17) is 0 Å². The molecule has 120 valence electrons. The van der Waals surface area contributed by atoms with Crippen molar-refractivity contribution in [2.24, 2.45) is 4.99 Å². The smallest absolute Gasteiger partial charge is 0.0896 e. The van der Waals surface area contributed by atoms with Gasteiger partial charge in [-0.3, -0.25) is 4.99 Å². The van der Waals surface area contributed by atoms with Crippen LogP contribution in [0.4, 0.5) is 11.4 Å². The number of anilines is 1. The Balaban J connectivity index is 1.81. The number of hydrogen-bond donors (Lipinski definition) is 1. The van der Waals surface area contributed by atoms with Gasteiger partial charge in [0.15, 0.2) is 0 Å². The lowest BCUT2D eigenvalue weighted by atomic mass is 10.0. The molecule has 0 aliphatic carbocycles. The molecule has 1 aliphatic rings. The standard InChI is InChI=1S/C20H20N4/c1-11-13(3)23-19-9-15(5-7-17(19)21-11)16-6-8-18-20(10-16)24-14(4)12(2)22-18/h5-10,13,23H,1-4H3. The first-order valence-electron chi connectivity index (χ1n) is 8.22. The highest BCUT2D eigenvalue weighted by atomic mass is 15.0. The highest BCUT2D eigenvalue weighted by Gasteiger charge is 2.15. The van der Waals surface area contributed by atoms with E-state index in [1.54, 1.807) is 0 Å². The molecule has 2 heterocycles. The Hall–Kier alpha value is -2.75. The van der Waals surface area contributed by atoms with E-state index in [-0.39, 0.29) is 6.04 Å². The summed E-state index contributed by atoms with van der Waals surface area (Å²) in [6.45, 7) is 8.18. The lowest BCUT2D eigenvalue weighted by molar-refractivity contribution is 1.02. The quantitative estimate of drug-likeness (QED) is 0.700. The first-order chi connectivity index (χ1) is 11.5. The average Bonchev–Trinajstić information content (AvgIpc) is 2.56. The zero-order chi connectivity index (χ0) is 16.8. The summed E-state index contributed by atoms with van der Waals surface area (Å²) in [6, 6.07) is 12.9. The normalized spacial score (nSPS) is 16.5. The van der Waals surface area contributed by atoms with Crippen LogP contribution in [0.25, 0.3) is 22.2 Å². The van der Waals surface area contributed by atoms with E-state index in [1.807, 2.05) is 19.9 Å². The molecular formula is C20H20N4. The van der Waals surface area contributed by atoms with Gasteiger partial charge in [0.05, 0.1) is 39.8 Å². The Morgan fingerprint density at radius 1 is 0.833 bits per heavy atom. The van der Waals surface area contributed by atoms with Gasteiger partial charge in [-0.2, -0.15) is 0 Å². The van der Waals surface area contributed by atoms with Gasteiger partial charge >= 0.3 is 0 Å². The highest BCUT2D eigenvalue weighted by molar-refractivity contribution is 5.97. The van der Waals surface area contributed by atoms with Crippen molar-refractivity contribution in [2.75, 3.05) is 5.32 Å². The van der Waals surface area contributed by atoms with Crippen molar-refractivity contribution in [2.45, 2.75) is 33.7 Å². The summed E-state index contributed by atoms with van der Waals surface area (Å²) in [4.78, 5) is 13.9. The van der Waals surface area contributed by atoms with Crippen molar-refractivity contribution in [1.82, 2.24) is 9.97 Å². The molecule has 0 amide bonds. The van der Waals surface area contributed by atoms with Crippen LogP contribution in [0.15, 0.2) is 41.4 Å². The Bertz CT molecular complexity index is 988. The van der Waals surface area contributed by atoms with E-state index in [0.29, 0.717) is 0 Å². The molecular weight excluding hydrogens is 296 g/mol. The van der Waals surface area contributed by atoms with Crippen molar-refractivity contribution in [3.63, 3.8) is 0 Å². The molecule has 0 radical (unpaired) electrons. The number of aliphatic imine (C=N–C) groups is 1. The number of hydrogen-bond acceptors (Lipinski definition) is 4. The molecule has 0 spiro atoms. The van der Waals surface area contributed by atoms with Gasteiger partial charge < -0.3 is 5.32 Å². The van der Waals surface area contributed by atoms with Crippen LogP contribution in [0.5, 0.6) is 0 Å². The van der Waals surface area contributed by atoms with E-state index >= 15 is 0 Å². The van der Waals surface area contributed by atoms with Crippen LogP contribution in [0, 0.1) is 13.8 Å². The largest absolute Gasteiger partial charge is 0.376 e. The van der Waals surface area contributed by atoms with E-state index in [2.05, 4.69) is 64.5 Å². The summed E-state index contributed by atoms with van der Waals surface area (Å²) in [5, 5.41) is 3.51. The summed E-state index contributed by atoms with van der Waals surface area (Å²) in [6.07, 6.45) is 0. The van der Waals surface area contributed by atoms with Crippen molar-refractivity contribution in [1.29, 1.82) is 0 Å². The monoisotopic (exact) mass is 316 g/mol. The van der Waals surface area contributed by atoms with Crippen LogP contribution in [0.1, 0.15) is 25.2 Å². The van der Waals surface area contributed by atoms with Crippen LogP contribution in [-0.2, 0) is 0 Å². The molecule has 0 fully saturated rings. The minimum Gasteiger partial charge on any atom is -0.376 e. The second-order valence-electron chi connectivity index (χ2n) is 6.45. The third kappa shape index (κ3) is 2.44. The van der Waals surface area contributed by atoms with Gasteiger partial charge in [-0.1, -0.05) is 12.1 Å². The van der Waals surface area contributed by atoms with Gasteiger partial charge in [0.25, 0.3) is 0 Å². The fourth-order valence-corrected chi connectivity index (χ4v) is 2.96. The van der Waals surface area contributed by atoms with Crippen LogP contribution < -0.4 is 5.32 Å². The summed E-state index contributed by atoms with van der Waals surface area (Å²) in [7, 11) is 0. The van der Waals surface area contributed by atoms with Crippen LogP contribution in [-0.4, -0.2) is 21.7 Å². The molecule has 0 saturated carbocycles. The third-order valence-corrected chi connectivity index (χ3v) is 4.70. The molecule has 0 saturated heterocycles. The summed E-state index contributed by atoms with van der Waals surface area (Å²) in [5.74, 6) is 0. The summed E-state index contributed by atoms with van der Waals surface area (Å²) < 4.78 is 0. The summed E-state index contributed by atoms with van der Waals surface area (Å²) >= 11 is 0. The van der Waals surface area contributed by atoms with E-state index in [0.717, 1.165) is 50.6 Å². The molecule has 3 aromatic rings. The average molecular weight is 316 g/mol. The number of benzene rings is 2. The first kappa shape index (κ1) is 14.8. The molecule has 1 atom stereocenters. The minimum atomic E-state index is 0.265. The number of fused-ring (bicyclic) bond motifs is 2. The van der Waals surface area contributed by atoms with Gasteiger partial charge in [0.2, 0.25) is 0 Å². The lowest BCUT2D eigenvalue weighted by Gasteiger charge is -2.22. The maximum atomic E-state index is 4.67. The highest BCUT2D eigenvalue weighted by Crippen LogP contribution is 2.34. The van der Waals surface area contributed by atoms with Crippen LogP contribution in [0.2, 0.25) is 0 Å². The van der Waals surface area contributed by atoms with Gasteiger partial charge in [-0.05, 0) is 63.1 Å². The zero-order valence-corrected chi connectivity index (χ0v) is 14.4. The number of rotatable bonds is 1. The lowest BCUT2D eigenvalue weighted by Crippen LogP contribution is -2.26. The van der Waals surface area contributed by atoms with Crippen LogP contribution in [0.3, 0.4) is 0 Å².